The van der Waals surface area contributed by atoms with Gasteiger partial charge in [-0.3, -0.25) is 4.79 Å². The maximum absolute atomic E-state index is 11.7. The van der Waals surface area contributed by atoms with Crippen LogP contribution in [0.1, 0.15) is 32.1 Å². The summed E-state index contributed by atoms with van der Waals surface area (Å²) < 4.78 is 5.56. The van der Waals surface area contributed by atoms with E-state index in [1.165, 1.54) is 0 Å². The first-order valence-corrected chi connectivity index (χ1v) is 6.42. The number of rotatable bonds is 6. The van der Waals surface area contributed by atoms with Crippen molar-refractivity contribution in [1.29, 1.82) is 0 Å². The van der Waals surface area contributed by atoms with Gasteiger partial charge in [0.2, 0.25) is 0 Å². The number of likely N-dealkylation sites (N-methyl/N-ethyl adjacent to an activating group) is 1. The summed E-state index contributed by atoms with van der Waals surface area (Å²) in [7, 11) is 1.73. The minimum absolute atomic E-state index is 0.0791. The van der Waals surface area contributed by atoms with Gasteiger partial charge in [0.05, 0.1) is 6.10 Å². The Morgan fingerprint density at radius 1 is 1.44 bits per heavy atom. The molecule has 1 saturated heterocycles. The summed E-state index contributed by atoms with van der Waals surface area (Å²) in [4.78, 5) is 23.6. The zero-order valence-corrected chi connectivity index (χ0v) is 10.9. The minimum Gasteiger partial charge on any atom is -0.481 e. The summed E-state index contributed by atoms with van der Waals surface area (Å²) >= 11 is 0. The summed E-state index contributed by atoms with van der Waals surface area (Å²) in [5.41, 5.74) is 0. The molecule has 2 N–H and O–H groups in total. The smallest absolute Gasteiger partial charge is 0.317 e. The lowest BCUT2D eigenvalue weighted by atomic mass is 10.1. The molecule has 0 saturated carbocycles. The summed E-state index contributed by atoms with van der Waals surface area (Å²) in [6, 6.07) is -0.172. The predicted molar refractivity (Wildman–Crippen MR) is 66.5 cm³/mol. The largest absolute Gasteiger partial charge is 0.481 e. The second kappa shape index (κ2) is 7.92. The van der Waals surface area contributed by atoms with Crippen LogP contribution in [-0.2, 0) is 9.53 Å². The molecule has 0 aromatic carbocycles. The normalized spacial score (nSPS) is 19.3. The third-order valence-corrected chi connectivity index (χ3v) is 2.94. The van der Waals surface area contributed by atoms with Crippen molar-refractivity contribution in [2.45, 2.75) is 38.2 Å². The number of nitrogens with one attached hydrogen (secondary N) is 1. The van der Waals surface area contributed by atoms with E-state index in [9.17, 15) is 9.59 Å². The van der Waals surface area contributed by atoms with Crippen molar-refractivity contribution in [2.75, 3.05) is 26.7 Å². The molecule has 0 aliphatic carbocycles. The molecule has 0 radical (unpaired) electrons. The monoisotopic (exact) mass is 258 g/mol. The number of hydrogen-bond acceptors (Lipinski definition) is 3. The minimum atomic E-state index is -0.840. The molecular weight excluding hydrogens is 236 g/mol. The van der Waals surface area contributed by atoms with Gasteiger partial charge in [0.1, 0.15) is 0 Å². The zero-order chi connectivity index (χ0) is 13.4. The van der Waals surface area contributed by atoms with Gasteiger partial charge >= 0.3 is 12.0 Å². The Balaban J connectivity index is 2.13. The number of nitrogens with zero attached hydrogens (tertiary/aromatic N) is 1. The van der Waals surface area contributed by atoms with E-state index < -0.39 is 5.97 Å². The molecule has 6 nitrogen and oxygen atoms in total. The zero-order valence-electron chi connectivity index (χ0n) is 10.9. The van der Waals surface area contributed by atoms with Gasteiger partial charge in [-0.05, 0) is 25.7 Å². The Morgan fingerprint density at radius 2 is 2.22 bits per heavy atom. The predicted octanol–water partition coefficient (Wildman–Crippen LogP) is 1.06. The molecule has 104 valence electrons. The number of carboxylic acids is 1. The van der Waals surface area contributed by atoms with Crippen LogP contribution in [0.3, 0.4) is 0 Å². The average molecular weight is 258 g/mol. The number of urea groups is 1. The summed E-state index contributed by atoms with van der Waals surface area (Å²) in [5.74, 6) is -0.840. The van der Waals surface area contributed by atoms with Crippen LogP contribution in [0.25, 0.3) is 0 Å². The molecule has 1 atom stereocenters. The quantitative estimate of drug-likeness (QED) is 0.698. The molecule has 1 heterocycles. The number of carbonyl (C=O) groups excluding carboxylic acids is 1. The molecule has 6 heteroatoms. The van der Waals surface area contributed by atoms with Crippen molar-refractivity contribution in [3.8, 4) is 0 Å². The molecule has 18 heavy (non-hydrogen) atoms. The molecule has 1 unspecified atom stereocenters. The lowest BCUT2D eigenvalue weighted by Gasteiger charge is -2.27. The maximum Gasteiger partial charge on any atom is 0.317 e. The Hall–Kier alpha value is -1.30. The highest BCUT2D eigenvalue weighted by Crippen LogP contribution is 2.13. The molecule has 0 spiro atoms. The molecule has 0 aromatic rings. The van der Waals surface area contributed by atoms with E-state index in [1.54, 1.807) is 11.9 Å². The highest BCUT2D eigenvalue weighted by molar-refractivity contribution is 5.74. The molecular formula is C12H22N2O4. The number of carboxylic acid groups (broad SMARTS) is 1. The molecule has 0 bridgehead atoms. The summed E-state index contributed by atoms with van der Waals surface area (Å²) in [6.07, 6.45) is 3.91. The second-order valence-corrected chi connectivity index (χ2v) is 4.60. The van der Waals surface area contributed by atoms with Crippen LogP contribution in [0.5, 0.6) is 0 Å². The standard InChI is InChI=1S/C12H22N2O4/c1-14(9-10-5-2-3-8-18-10)12(17)13-7-4-6-11(15)16/h10H,2-9H2,1H3,(H,13,17)(H,15,16). The highest BCUT2D eigenvalue weighted by atomic mass is 16.5. The Labute approximate surface area is 107 Å². The van der Waals surface area contributed by atoms with Crippen LogP contribution in [0.4, 0.5) is 4.79 Å². The summed E-state index contributed by atoms with van der Waals surface area (Å²) in [6.45, 7) is 1.75. The molecule has 1 rings (SSSR count). The maximum atomic E-state index is 11.7. The fourth-order valence-corrected chi connectivity index (χ4v) is 1.91. The van der Waals surface area contributed by atoms with E-state index in [1.807, 2.05) is 0 Å². The van der Waals surface area contributed by atoms with Crippen molar-refractivity contribution < 1.29 is 19.4 Å². The van der Waals surface area contributed by atoms with E-state index >= 15 is 0 Å². The average Bonchev–Trinajstić information content (AvgIpc) is 2.35. The van der Waals surface area contributed by atoms with Gasteiger partial charge < -0.3 is 20.1 Å². The Kier molecular flexibility index (Phi) is 6.49. The molecule has 0 aromatic heterocycles. The van der Waals surface area contributed by atoms with E-state index in [0.717, 1.165) is 25.9 Å². The van der Waals surface area contributed by atoms with E-state index in [4.69, 9.17) is 9.84 Å². The fourth-order valence-electron chi connectivity index (χ4n) is 1.91. The van der Waals surface area contributed by atoms with Crippen LogP contribution in [-0.4, -0.2) is 54.9 Å². The van der Waals surface area contributed by atoms with Crippen molar-refractivity contribution in [3.05, 3.63) is 0 Å². The van der Waals surface area contributed by atoms with Gasteiger partial charge in [-0.25, -0.2) is 4.79 Å². The van der Waals surface area contributed by atoms with Crippen LogP contribution >= 0.6 is 0 Å². The molecule has 1 aliphatic rings. The van der Waals surface area contributed by atoms with Crippen molar-refractivity contribution in [1.82, 2.24) is 10.2 Å². The van der Waals surface area contributed by atoms with Crippen LogP contribution < -0.4 is 5.32 Å². The first-order chi connectivity index (χ1) is 8.59. The molecule has 1 fully saturated rings. The van der Waals surface area contributed by atoms with Gasteiger partial charge in [0.15, 0.2) is 0 Å². The third kappa shape index (κ3) is 5.86. The van der Waals surface area contributed by atoms with Crippen molar-refractivity contribution in [2.24, 2.45) is 0 Å². The number of ether oxygens (including phenoxy) is 1. The number of carbonyl (C=O) groups is 2. The van der Waals surface area contributed by atoms with E-state index in [-0.39, 0.29) is 18.6 Å². The van der Waals surface area contributed by atoms with Crippen LogP contribution in [0.2, 0.25) is 0 Å². The second-order valence-electron chi connectivity index (χ2n) is 4.60. The van der Waals surface area contributed by atoms with E-state index in [0.29, 0.717) is 19.5 Å². The van der Waals surface area contributed by atoms with Gasteiger partial charge in [0.25, 0.3) is 0 Å². The lowest BCUT2D eigenvalue weighted by molar-refractivity contribution is -0.137. The molecule has 2 amide bonds. The Morgan fingerprint density at radius 3 is 2.83 bits per heavy atom. The SMILES string of the molecule is CN(CC1CCCCO1)C(=O)NCCCC(=O)O. The lowest BCUT2D eigenvalue weighted by Crippen LogP contribution is -2.43. The van der Waals surface area contributed by atoms with Crippen LogP contribution in [0.15, 0.2) is 0 Å². The van der Waals surface area contributed by atoms with Gasteiger partial charge in [-0.15, -0.1) is 0 Å². The molecule has 1 aliphatic heterocycles. The van der Waals surface area contributed by atoms with Crippen molar-refractivity contribution in [3.63, 3.8) is 0 Å². The first-order valence-electron chi connectivity index (χ1n) is 6.42. The number of aliphatic carboxylic acids is 1. The highest BCUT2D eigenvalue weighted by Gasteiger charge is 2.18. The van der Waals surface area contributed by atoms with E-state index in [2.05, 4.69) is 5.32 Å². The topological polar surface area (TPSA) is 78.9 Å². The van der Waals surface area contributed by atoms with Crippen LogP contribution in [0, 0.1) is 0 Å². The van der Waals surface area contributed by atoms with Gasteiger partial charge in [0, 0.05) is 33.2 Å². The van der Waals surface area contributed by atoms with Gasteiger partial charge in [-0.1, -0.05) is 0 Å². The summed E-state index contributed by atoms with van der Waals surface area (Å²) in [5, 5.41) is 11.2. The number of amides is 2. The fraction of sp³-hybridized carbons (Fsp3) is 0.833. The van der Waals surface area contributed by atoms with Gasteiger partial charge in [-0.2, -0.15) is 0 Å². The number of hydrogen-bond donors (Lipinski definition) is 2. The third-order valence-electron chi connectivity index (χ3n) is 2.94. The Bertz CT molecular complexity index is 277. The van der Waals surface area contributed by atoms with Crippen molar-refractivity contribution >= 4 is 12.0 Å². The first kappa shape index (κ1) is 14.8.